The monoisotopic (exact) mass is 277 g/mol. The number of morpholine rings is 1. The van der Waals surface area contributed by atoms with Crippen LogP contribution in [-0.2, 0) is 14.9 Å². The van der Waals surface area contributed by atoms with Gasteiger partial charge in [-0.05, 0) is 30.5 Å². The van der Waals surface area contributed by atoms with Crippen molar-refractivity contribution in [3.63, 3.8) is 0 Å². The summed E-state index contributed by atoms with van der Waals surface area (Å²) in [6, 6.07) is 7.74. The molecule has 1 N–H and O–H groups in total. The molecule has 4 heteroatoms. The molecule has 0 amide bonds. The van der Waals surface area contributed by atoms with Crippen LogP contribution in [-0.4, -0.2) is 56.1 Å². The van der Waals surface area contributed by atoms with Gasteiger partial charge in [0.1, 0.15) is 5.75 Å². The lowest BCUT2D eigenvalue weighted by molar-refractivity contribution is -0.00119. The van der Waals surface area contributed by atoms with Gasteiger partial charge in [0.2, 0.25) is 0 Å². The molecule has 0 spiro atoms. The fourth-order valence-electron chi connectivity index (χ4n) is 3.30. The maximum atomic E-state index is 9.51. The van der Waals surface area contributed by atoms with E-state index in [1.165, 1.54) is 5.56 Å². The van der Waals surface area contributed by atoms with Gasteiger partial charge in [0.25, 0.3) is 0 Å². The Kier molecular flexibility index (Phi) is 4.24. The SMILES string of the molecule is Oc1ccc(C2(CN3CCOCC3)CCOCC2)cc1. The molecule has 0 aromatic heterocycles. The van der Waals surface area contributed by atoms with Crippen LogP contribution in [0.1, 0.15) is 18.4 Å². The van der Waals surface area contributed by atoms with Crippen LogP contribution in [0.25, 0.3) is 0 Å². The number of aromatic hydroxyl groups is 1. The highest BCUT2D eigenvalue weighted by molar-refractivity contribution is 5.32. The van der Waals surface area contributed by atoms with E-state index in [9.17, 15) is 5.11 Å². The van der Waals surface area contributed by atoms with Crippen LogP contribution >= 0.6 is 0 Å². The fourth-order valence-corrected chi connectivity index (χ4v) is 3.30. The average molecular weight is 277 g/mol. The molecule has 3 rings (SSSR count). The van der Waals surface area contributed by atoms with E-state index in [4.69, 9.17) is 9.47 Å². The van der Waals surface area contributed by atoms with E-state index >= 15 is 0 Å². The van der Waals surface area contributed by atoms with Crippen LogP contribution in [0.4, 0.5) is 0 Å². The summed E-state index contributed by atoms with van der Waals surface area (Å²) in [4.78, 5) is 2.50. The Morgan fingerprint density at radius 3 is 2.20 bits per heavy atom. The van der Waals surface area contributed by atoms with Gasteiger partial charge in [-0.1, -0.05) is 12.1 Å². The lowest BCUT2D eigenvalue weighted by Gasteiger charge is -2.42. The highest BCUT2D eigenvalue weighted by atomic mass is 16.5. The number of phenolic OH excluding ortho intramolecular Hbond substituents is 1. The van der Waals surface area contributed by atoms with Crippen LogP contribution in [0.15, 0.2) is 24.3 Å². The predicted molar refractivity (Wildman–Crippen MR) is 77.1 cm³/mol. The van der Waals surface area contributed by atoms with Gasteiger partial charge in [0.15, 0.2) is 0 Å². The molecule has 0 bridgehead atoms. The van der Waals surface area contributed by atoms with Crippen LogP contribution in [0.5, 0.6) is 5.75 Å². The van der Waals surface area contributed by atoms with E-state index in [0.29, 0.717) is 5.75 Å². The zero-order valence-corrected chi connectivity index (χ0v) is 11.9. The Morgan fingerprint density at radius 2 is 1.55 bits per heavy atom. The molecule has 20 heavy (non-hydrogen) atoms. The van der Waals surface area contributed by atoms with Gasteiger partial charge in [-0.15, -0.1) is 0 Å². The van der Waals surface area contributed by atoms with Crippen molar-refractivity contribution in [2.45, 2.75) is 18.3 Å². The third-order valence-electron chi connectivity index (χ3n) is 4.56. The second kappa shape index (κ2) is 6.12. The highest BCUT2D eigenvalue weighted by Crippen LogP contribution is 2.36. The third-order valence-corrected chi connectivity index (χ3v) is 4.56. The first-order valence-corrected chi connectivity index (χ1v) is 7.46. The van der Waals surface area contributed by atoms with Crippen LogP contribution < -0.4 is 0 Å². The number of nitrogens with zero attached hydrogens (tertiary/aromatic N) is 1. The number of rotatable bonds is 3. The molecule has 0 unspecified atom stereocenters. The molecule has 0 saturated carbocycles. The summed E-state index contributed by atoms with van der Waals surface area (Å²) in [5, 5.41) is 9.51. The smallest absolute Gasteiger partial charge is 0.115 e. The van der Waals surface area contributed by atoms with Gasteiger partial charge < -0.3 is 14.6 Å². The summed E-state index contributed by atoms with van der Waals surface area (Å²) >= 11 is 0. The number of hydrogen-bond acceptors (Lipinski definition) is 4. The summed E-state index contributed by atoms with van der Waals surface area (Å²) < 4.78 is 11.0. The molecule has 2 aliphatic heterocycles. The second-order valence-electron chi connectivity index (χ2n) is 5.83. The van der Waals surface area contributed by atoms with Gasteiger partial charge in [-0.3, -0.25) is 4.90 Å². The first-order chi connectivity index (χ1) is 9.78. The minimum Gasteiger partial charge on any atom is -0.508 e. The Balaban J connectivity index is 1.81. The van der Waals surface area contributed by atoms with Crippen LogP contribution in [0, 0.1) is 0 Å². The topological polar surface area (TPSA) is 41.9 Å². The van der Waals surface area contributed by atoms with Crippen molar-refractivity contribution in [1.82, 2.24) is 4.90 Å². The van der Waals surface area contributed by atoms with Gasteiger partial charge in [0.05, 0.1) is 13.2 Å². The quantitative estimate of drug-likeness (QED) is 0.914. The molecule has 1 aromatic carbocycles. The van der Waals surface area contributed by atoms with Crippen molar-refractivity contribution in [3.05, 3.63) is 29.8 Å². The molecule has 4 nitrogen and oxygen atoms in total. The number of hydrogen-bond donors (Lipinski definition) is 1. The van der Waals surface area contributed by atoms with E-state index in [0.717, 1.165) is 58.9 Å². The standard InChI is InChI=1S/C16H23NO3/c18-15-3-1-14(2-4-15)16(5-9-19-10-6-16)13-17-7-11-20-12-8-17/h1-4,18H,5-13H2. The Bertz CT molecular complexity index is 420. The number of phenols is 1. The van der Waals surface area contributed by atoms with E-state index < -0.39 is 0 Å². The van der Waals surface area contributed by atoms with Crippen LogP contribution in [0.3, 0.4) is 0 Å². The molecular weight excluding hydrogens is 254 g/mol. The van der Waals surface area contributed by atoms with Gasteiger partial charge in [0, 0.05) is 38.3 Å². The Morgan fingerprint density at radius 1 is 0.950 bits per heavy atom. The molecule has 0 radical (unpaired) electrons. The minimum atomic E-state index is 0.156. The van der Waals surface area contributed by atoms with Gasteiger partial charge in [-0.25, -0.2) is 0 Å². The van der Waals surface area contributed by atoms with Crippen molar-refractivity contribution in [1.29, 1.82) is 0 Å². The first kappa shape index (κ1) is 13.9. The van der Waals surface area contributed by atoms with E-state index in [-0.39, 0.29) is 5.41 Å². The maximum absolute atomic E-state index is 9.51. The summed E-state index contributed by atoms with van der Waals surface area (Å²) in [5.41, 5.74) is 1.48. The summed E-state index contributed by atoms with van der Waals surface area (Å²) in [6.45, 7) is 6.41. The van der Waals surface area contributed by atoms with E-state index in [1.807, 2.05) is 0 Å². The number of benzene rings is 1. The Labute approximate surface area is 120 Å². The zero-order valence-electron chi connectivity index (χ0n) is 11.9. The van der Waals surface area contributed by atoms with E-state index in [2.05, 4.69) is 17.0 Å². The minimum absolute atomic E-state index is 0.156. The molecule has 2 aliphatic rings. The summed E-state index contributed by atoms with van der Waals surface area (Å²) in [7, 11) is 0. The second-order valence-corrected chi connectivity index (χ2v) is 5.83. The van der Waals surface area contributed by atoms with Crippen molar-refractivity contribution < 1.29 is 14.6 Å². The largest absolute Gasteiger partial charge is 0.508 e. The predicted octanol–water partition coefficient (Wildman–Crippen LogP) is 1.77. The van der Waals surface area contributed by atoms with Crippen molar-refractivity contribution in [2.24, 2.45) is 0 Å². The van der Waals surface area contributed by atoms with Crippen molar-refractivity contribution >= 4 is 0 Å². The Hall–Kier alpha value is -1.10. The molecule has 110 valence electrons. The van der Waals surface area contributed by atoms with Crippen molar-refractivity contribution in [3.8, 4) is 5.75 Å². The highest BCUT2D eigenvalue weighted by Gasteiger charge is 2.36. The lowest BCUT2D eigenvalue weighted by atomic mass is 9.73. The molecule has 1 aromatic rings. The van der Waals surface area contributed by atoms with Crippen LogP contribution in [0.2, 0.25) is 0 Å². The molecule has 2 heterocycles. The van der Waals surface area contributed by atoms with Gasteiger partial charge >= 0.3 is 0 Å². The first-order valence-electron chi connectivity index (χ1n) is 7.46. The summed E-state index contributed by atoms with van der Waals surface area (Å²) in [5.74, 6) is 0.335. The summed E-state index contributed by atoms with van der Waals surface area (Å²) in [6.07, 6.45) is 2.10. The molecule has 2 fully saturated rings. The van der Waals surface area contributed by atoms with Gasteiger partial charge in [-0.2, -0.15) is 0 Å². The maximum Gasteiger partial charge on any atom is 0.115 e. The normalized spacial score (nSPS) is 23.6. The third kappa shape index (κ3) is 2.97. The lowest BCUT2D eigenvalue weighted by Crippen LogP contribution is -2.48. The molecule has 2 saturated heterocycles. The zero-order chi connectivity index (χ0) is 13.8. The molecule has 0 atom stereocenters. The molecule has 0 aliphatic carbocycles. The average Bonchev–Trinajstić information content (AvgIpc) is 2.50. The van der Waals surface area contributed by atoms with E-state index in [1.54, 1.807) is 12.1 Å². The fraction of sp³-hybridized carbons (Fsp3) is 0.625. The number of ether oxygens (including phenoxy) is 2. The molecular formula is C16H23NO3. The van der Waals surface area contributed by atoms with Crippen molar-refractivity contribution in [2.75, 3.05) is 46.1 Å².